The van der Waals surface area contributed by atoms with Gasteiger partial charge in [0.05, 0.1) is 0 Å². The molecule has 2 aromatic rings. The second-order valence-corrected chi connectivity index (χ2v) is 5.98. The first-order valence-electron chi connectivity index (χ1n) is 7.33. The molecule has 110 valence electrons. The summed E-state index contributed by atoms with van der Waals surface area (Å²) in [6, 6.07) is 18.0. The largest absolute Gasteiger partial charge is 0.481 e. The van der Waals surface area contributed by atoms with E-state index in [1.807, 2.05) is 42.5 Å². The van der Waals surface area contributed by atoms with Crippen molar-refractivity contribution in [1.29, 1.82) is 0 Å². The lowest BCUT2D eigenvalue weighted by atomic mass is 9.87. The first-order valence-corrected chi connectivity index (χ1v) is 7.33. The normalized spacial score (nSPS) is 9.95. The van der Waals surface area contributed by atoms with Crippen LogP contribution in [0.4, 0.5) is 0 Å². The van der Waals surface area contributed by atoms with E-state index in [4.69, 9.17) is 4.74 Å². The highest BCUT2D eigenvalue weighted by molar-refractivity contribution is 5.39. The molecule has 0 aliphatic rings. The van der Waals surface area contributed by atoms with Crippen molar-refractivity contribution in [3.8, 4) is 29.4 Å². The number of rotatable bonds is 2. The van der Waals surface area contributed by atoms with Gasteiger partial charge in [-0.15, -0.1) is 0 Å². The molecule has 1 nitrogen and oxygen atoms in total. The molecule has 0 unspecified atom stereocenters. The van der Waals surface area contributed by atoms with E-state index < -0.39 is 0 Å². The van der Waals surface area contributed by atoms with Gasteiger partial charge in [-0.3, -0.25) is 0 Å². The lowest BCUT2D eigenvalue weighted by molar-refractivity contribution is 0.370. The first kappa shape index (κ1) is 15.7. The third-order valence-electron chi connectivity index (χ3n) is 3.16. The molecule has 0 aliphatic heterocycles. The molecule has 0 heterocycles. The Hall–Kier alpha value is -2.64. The third-order valence-corrected chi connectivity index (χ3v) is 3.16. The van der Waals surface area contributed by atoms with E-state index in [0.717, 1.165) is 11.3 Å². The fourth-order valence-corrected chi connectivity index (χ4v) is 1.88. The van der Waals surface area contributed by atoms with E-state index in [9.17, 15) is 0 Å². The molecule has 0 saturated heterocycles. The summed E-state index contributed by atoms with van der Waals surface area (Å²) in [5.74, 6) is 12.4. The van der Waals surface area contributed by atoms with Crippen LogP contribution < -0.4 is 4.74 Å². The van der Waals surface area contributed by atoms with Gasteiger partial charge in [0.15, 0.2) is 0 Å². The van der Waals surface area contributed by atoms with Crippen LogP contribution in [-0.4, -0.2) is 6.61 Å². The van der Waals surface area contributed by atoms with Gasteiger partial charge >= 0.3 is 0 Å². The summed E-state index contributed by atoms with van der Waals surface area (Å²) in [5.41, 5.74) is 2.42. The van der Waals surface area contributed by atoms with Gasteiger partial charge in [-0.05, 0) is 53.0 Å². The molecule has 2 aromatic carbocycles. The van der Waals surface area contributed by atoms with Crippen LogP contribution >= 0.6 is 0 Å². The maximum absolute atomic E-state index is 5.58. The van der Waals surface area contributed by atoms with Crippen molar-refractivity contribution < 1.29 is 4.74 Å². The summed E-state index contributed by atoms with van der Waals surface area (Å²) in [6.07, 6.45) is 0. The monoisotopic (exact) mass is 288 g/mol. The average Bonchev–Trinajstić information content (AvgIpc) is 2.51. The van der Waals surface area contributed by atoms with Crippen molar-refractivity contribution in [3.63, 3.8) is 0 Å². The van der Waals surface area contributed by atoms with Gasteiger partial charge in [-0.1, -0.05) is 57.0 Å². The van der Waals surface area contributed by atoms with Gasteiger partial charge in [-0.25, -0.2) is 0 Å². The van der Waals surface area contributed by atoms with E-state index in [1.54, 1.807) is 0 Å². The van der Waals surface area contributed by atoms with Crippen molar-refractivity contribution in [1.82, 2.24) is 0 Å². The zero-order chi connectivity index (χ0) is 15.8. The van der Waals surface area contributed by atoms with E-state index >= 15 is 0 Å². The SMILES string of the molecule is CC(C)(C)c1ccc(OCC#CC#Cc2ccccc2)cc1. The Bertz CT molecular complexity index is 711. The standard InChI is InChI=1S/C21H20O/c1-21(2,3)19-13-15-20(16-14-19)22-17-9-5-8-12-18-10-6-4-7-11-18/h4,6-7,10-11,13-16H,17H2,1-3H3. The Balaban J connectivity index is 1.85. The number of hydrogen-bond donors (Lipinski definition) is 0. The van der Waals surface area contributed by atoms with Crippen LogP contribution in [0, 0.1) is 23.7 Å². The minimum atomic E-state index is 0.158. The summed E-state index contributed by atoms with van der Waals surface area (Å²) < 4.78 is 5.58. The Labute approximate surface area is 133 Å². The predicted molar refractivity (Wildman–Crippen MR) is 91.7 cm³/mol. The Morgan fingerprint density at radius 1 is 0.864 bits per heavy atom. The fourth-order valence-electron chi connectivity index (χ4n) is 1.88. The van der Waals surface area contributed by atoms with Crippen LogP contribution in [0.15, 0.2) is 54.6 Å². The second-order valence-electron chi connectivity index (χ2n) is 5.98. The van der Waals surface area contributed by atoms with Crippen LogP contribution in [-0.2, 0) is 5.41 Å². The minimum Gasteiger partial charge on any atom is -0.481 e. The summed E-state index contributed by atoms with van der Waals surface area (Å²) in [7, 11) is 0. The number of hydrogen-bond acceptors (Lipinski definition) is 1. The van der Waals surface area contributed by atoms with Crippen LogP contribution in [0.3, 0.4) is 0 Å². The van der Waals surface area contributed by atoms with Crippen LogP contribution in [0.1, 0.15) is 31.9 Å². The van der Waals surface area contributed by atoms with Crippen molar-refractivity contribution in [3.05, 3.63) is 65.7 Å². The average molecular weight is 288 g/mol. The molecule has 0 spiro atoms. The lowest BCUT2D eigenvalue weighted by Gasteiger charge is -2.18. The molecule has 0 radical (unpaired) electrons. The highest BCUT2D eigenvalue weighted by Crippen LogP contribution is 2.24. The highest BCUT2D eigenvalue weighted by atomic mass is 16.5. The first-order chi connectivity index (χ1) is 10.6. The molecule has 0 amide bonds. The van der Waals surface area contributed by atoms with Gasteiger partial charge in [-0.2, -0.15) is 0 Å². The van der Waals surface area contributed by atoms with E-state index in [-0.39, 0.29) is 5.41 Å². The second kappa shape index (κ2) is 7.39. The number of ether oxygens (including phenoxy) is 1. The van der Waals surface area contributed by atoms with Crippen LogP contribution in [0.2, 0.25) is 0 Å². The maximum Gasteiger partial charge on any atom is 0.150 e. The topological polar surface area (TPSA) is 9.23 Å². The lowest BCUT2D eigenvalue weighted by Crippen LogP contribution is -2.10. The Morgan fingerprint density at radius 3 is 2.18 bits per heavy atom. The van der Waals surface area contributed by atoms with Gasteiger partial charge < -0.3 is 4.74 Å². The van der Waals surface area contributed by atoms with Crippen molar-refractivity contribution in [2.45, 2.75) is 26.2 Å². The molecule has 0 bridgehead atoms. The van der Waals surface area contributed by atoms with Crippen molar-refractivity contribution >= 4 is 0 Å². The Kier molecular flexibility index (Phi) is 5.29. The smallest absolute Gasteiger partial charge is 0.150 e. The quantitative estimate of drug-likeness (QED) is 0.743. The van der Waals surface area contributed by atoms with Crippen LogP contribution in [0.25, 0.3) is 0 Å². The summed E-state index contributed by atoms with van der Waals surface area (Å²) >= 11 is 0. The summed E-state index contributed by atoms with van der Waals surface area (Å²) in [6.45, 7) is 6.93. The molecule has 0 N–H and O–H groups in total. The predicted octanol–water partition coefficient (Wildman–Crippen LogP) is 4.42. The fraction of sp³-hybridized carbons (Fsp3) is 0.238. The maximum atomic E-state index is 5.58. The number of benzene rings is 2. The molecule has 0 atom stereocenters. The Morgan fingerprint density at radius 2 is 1.55 bits per heavy atom. The highest BCUT2D eigenvalue weighted by Gasteiger charge is 2.12. The molecule has 1 heteroatoms. The zero-order valence-corrected chi connectivity index (χ0v) is 13.3. The molecule has 0 saturated carbocycles. The summed E-state index contributed by atoms with van der Waals surface area (Å²) in [4.78, 5) is 0. The van der Waals surface area contributed by atoms with E-state index in [1.165, 1.54) is 5.56 Å². The van der Waals surface area contributed by atoms with Crippen LogP contribution in [0.5, 0.6) is 5.75 Å². The molecule has 2 rings (SSSR count). The third kappa shape index (κ3) is 5.04. The van der Waals surface area contributed by atoms with Crippen molar-refractivity contribution in [2.75, 3.05) is 6.61 Å². The summed E-state index contributed by atoms with van der Waals surface area (Å²) in [5, 5.41) is 0. The molecule has 0 fully saturated rings. The zero-order valence-electron chi connectivity index (χ0n) is 13.3. The van der Waals surface area contributed by atoms with Gasteiger partial charge in [0.25, 0.3) is 0 Å². The van der Waals surface area contributed by atoms with Gasteiger partial charge in [0.1, 0.15) is 12.4 Å². The minimum absolute atomic E-state index is 0.158. The van der Waals surface area contributed by atoms with E-state index in [0.29, 0.717) is 6.61 Å². The molecule has 0 aromatic heterocycles. The van der Waals surface area contributed by atoms with Gasteiger partial charge in [0.2, 0.25) is 0 Å². The molecular weight excluding hydrogens is 268 g/mol. The molecule has 0 aliphatic carbocycles. The van der Waals surface area contributed by atoms with E-state index in [2.05, 4.69) is 56.6 Å². The molecular formula is C21H20O. The van der Waals surface area contributed by atoms with Crippen molar-refractivity contribution in [2.24, 2.45) is 0 Å². The van der Waals surface area contributed by atoms with Gasteiger partial charge in [0, 0.05) is 5.56 Å². The molecule has 22 heavy (non-hydrogen) atoms.